The molecule has 116 valence electrons. The van der Waals surface area contributed by atoms with Crippen molar-refractivity contribution in [2.75, 3.05) is 13.6 Å². The minimum absolute atomic E-state index is 0.171. The van der Waals surface area contributed by atoms with Crippen LogP contribution in [0.15, 0.2) is 24.4 Å². The minimum atomic E-state index is -4.56. The first-order chi connectivity index (χ1) is 9.78. The van der Waals surface area contributed by atoms with Crippen molar-refractivity contribution in [3.8, 4) is 5.75 Å². The van der Waals surface area contributed by atoms with Crippen LogP contribution in [0.5, 0.6) is 5.75 Å². The van der Waals surface area contributed by atoms with Gasteiger partial charge in [-0.2, -0.15) is 0 Å². The smallest absolute Gasteiger partial charge is 0.402 e. The molecule has 0 saturated heterocycles. The van der Waals surface area contributed by atoms with Crippen LogP contribution in [0.25, 0.3) is 10.9 Å². The molecule has 21 heavy (non-hydrogen) atoms. The Morgan fingerprint density at radius 1 is 1.38 bits per heavy atom. The number of likely N-dealkylation sites (N-methyl/N-ethyl adjacent to an activating group) is 1. The highest BCUT2D eigenvalue weighted by atomic mass is 31.2. The summed E-state index contributed by atoms with van der Waals surface area (Å²) in [5, 5.41) is 0.929. The summed E-state index contributed by atoms with van der Waals surface area (Å²) in [6.07, 6.45) is 2.72. The topological polar surface area (TPSA) is 85.8 Å². The number of fused-ring (bicyclic) bond motifs is 1. The third-order valence-corrected chi connectivity index (χ3v) is 4.03. The molecule has 0 atom stereocenters. The summed E-state index contributed by atoms with van der Waals surface area (Å²) in [5.74, 6) is 0.171. The summed E-state index contributed by atoms with van der Waals surface area (Å²) in [4.78, 5) is 23.2. The van der Waals surface area contributed by atoms with Crippen molar-refractivity contribution in [2.24, 2.45) is 0 Å². The van der Waals surface area contributed by atoms with Crippen LogP contribution in [0.1, 0.15) is 19.4 Å². The highest BCUT2D eigenvalue weighted by molar-refractivity contribution is 7.46. The number of rotatable bonds is 6. The van der Waals surface area contributed by atoms with Crippen molar-refractivity contribution in [1.29, 1.82) is 0 Å². The van der Waals surface area contributed by atoms with Crippen molar-refractivity contribution < 1.29 is 18.9 Å². The lowest BCUT2D eigenvalue weighted by Gasteiger charge is -2.20. The van der Waals surface area contributed by atoms with Gasteiger partial charge in [-0.1, -0.05) is 12.1 Å². The van der Waals surface area contributed by atoms with Gasteiger partial charge >= 0.3 is 7.82 Å². The van der Waals surface area contributed by atoms with E-state index in [9.17, 15) is 4.57 Å². The number of phosphoric acid groups is 1. The third kappa shape index (κ3) is 4.08. The van der Waals surface area contributed by atoms with E-state index in [-0.39, 0.29) is 5.75 Å². The Hall–Kier alpha value is -1.33. The van der Waals surface area contributed by atoms with Gasteiger partial charge in [0.25, 0.3) is 0 Å². The zero-order valence-electron chi connectivity index (χ0n) is 12.4. The predicted molar refractivity (Wildman–Crippen MR) is 82.4 cm³/mol. The van der Waals surface area contributed by atoms with Crippen molar-refractivity contribution in [1.82, 2.24) is 9.88 Å². The molecule has 7 heteroatoms. The highest BCUT2D eigenvalue weighted by Gasteiger charge is 2.19. The summed E-state index contributed by atoms with van der Waals surface area (Å²) in [6, 6.07) is 5.67. The van der Waals surface area contributed by atoms with Crippen LogP contribution in [0, 0.1) is 0 Å². The van der Waals surface area contributed by atoms with Crippen molar-refractivity contribution in [2.45, 2.75) is 26.3 Å². The van der Waals surface area contributed by atoms with Crippen molar-refractivity contribution in [3.05, 3.63) is 30.0 Å². The Kier molecular flexibility index (Phi) is 4.74. The molecule has 2 aromatic rings. The molecule has 0 amide bonds. The van der Waals surface area contributed by atoms with E-state index in [2.05, 4.69) is 30.8 Å². The SMILES string of the molecule is CC(C)N(C)CCc1c[nH]c2c(OP(=O)(O)O)cccc12. The van der Waals surface area contributed by atoms with Crippen molar-refractivity contribution >= 4 is 18.7 Å². The van der Waals surface area contributed by atoms with Gasteiger partial charge in [0, 0.05) is 24.2 Å². The summed E-state index contributed by atoms with van der Waals surface area (Å²) in [6.45, 7) is 5.19. The molecule has 1 aromatic heterocycles. The molecule has 1 aromatic carbocycles. The van der Waals surface area contributed by atoms with Crippen LogP contribution in [-0.2, 0) is 11.0 Å². The number of benzene rings is 1. The van der Waals surface area contributed by atoms with E-state index in [1.807, 2.05) is 12.3 Å². The number of nitrogens with one attached hydrogen (secondary N) is 1. The van der Waals surface area contributed by atoms with E-state index in [4.69, 9.17) is 14.3 Å². The van der Waals surface area contributed by atoms with Gasteiger partial charge in [0.05, 0.1) is 5.52 Å². The van der Waals surface area contributed by atoms with Crippen LogP contribution in [0.2, 0.25) is 0 Å². The fourth-order valence-corrected chi connectivity index (χ4v) is 2.56. The second-order valence-corrected chi connectivity index (χ2v) is 6.56. The average molecular weight is 312 g/mol. The van der Waals surface area contributed by atoms with Gasteiger partial charge in [0.2, 0.25) is 0 Å². The van der Waals surface area contributed by atoms with E-state index in [1.165, 1.54) is 0 Å². The molecular weight excluding hydrogens is 291 g/mol. The maximum atomic E-state index is 11.0. The zero-order chi connectivity index (χ0) is 15.6. The first-order valence-corrected chi connectivity index (χ1v) is 8.35. The Labute approximate surface area is 124 Å². The van der Waals surface area contributed by atoms with Gasteiger partial charge in [-0.3, -0.25) is 9.79 Å². The molecule has 2 rings (SSSR count). The summed E-state index contributed by atoms with van der Waals surface area (Å²) < 4.78 is 15.7. The number of aromatic amines is 1. The lowest BCUT2D eigenvalue weighted by atomic mass is 10.1. The van der Waals surface area contributed by atoms with Gasteiger partial charge in [0.1, 0.15) is 0 Å². The lowest BCUT2D eigenvalue weighted by Crippen LogP contribution is -2.28. The van der Waals surface area contributed by atoms with Gasteiger partial charge in [0.15, 0.2) is 5.75 Å². The fourth-order valence-electron chi connectivity index (χ4n) is 2.15. The first kappa shape index (κ1) is 16.0. The normalized spacial score (nSPS) is 12.5. The molecule has 0 unspecified atom stereocenters. The molecule has 0 fully saturated rings. The Morgan fingerprint density at radius 2 is 2.10 bits per heavy atom. The van der Waals surface area contributed by atoms with Crippen LogP contribution < -0.4 is 4.52 Å². The van der Waals surface area contributed by atoms with Gasteiger partial charge in [-0.05, 0) is 38.9 Å². The number of nitrogens with zero attached hydrogens (tertiary/aromatic N) is 1. The van der Waals surface area contributed by atoms with E-state index in [1.54, 1.807) is 12.1 Å². The second kappa shape index (κ2) is 6.20. The molecule has 0 aliphatic carbocycles. The molecule has 3 N–H and O–H groups in total. The maximum Gasteiger partial charge on any atom is 0.524 e. The fraction of sp³-hybridized carbons (Fsp3) is 0.429. The van der Waals surface area contributed by atoms with Crippen LogP contribution in [0.4, 0.5) is 0 Å². The summed E-state index contributed by atoms with van der Waals surface area (Å²) in [5.41, 5.74) is 1.72. The average Bonchev–Trinajstić information content (AvgIpc) is 2.78. The number of hydrogen-bond acceptors (Lipinski definition) is 3. The number of H-pyrrole nitrogens is 1. The number of aromatic nitrogens is 1. The highest BCUT2D eigenvalue weighted by Crippen LogP contribution is 2.40. The van der Waals surface area contributed by atoms with E-state index < -0.39 is 7.82 Å². The number of phosphoric ester groups is 1. The minimum Gasteiger partial charge on any atom is -0.402 e. The molecular formula is C14H21N2O4P. The first-order valence-electron chi connectivity index (χ1n) is 6.82. The Bertz CT molecular complexity index is 662. The zero-order valence-corrected chi connectivity index (χ0v) is 13.3. The van der Waals surface area contributed by atoms with Crippen LogP contribution in [0.3, 0.4) is 0 Å². The van der Waals surface area contributed by atoms with Crippen LogP contribution >= 0.6 is 7.82 Å². The molecule has 1 heterocycles. The lowest BCUT2D eigenvalue weighted by molar-refractivity contribution is 0.278. The maximum absolute atomic E-state index is 11.0. The van der Waals surface area contributed by atoms with Gasteiger partial charge < -0.3 is 14.4 Å². The molecule has 0 radical (unpaired) electrons. The van der Waals surface area contributed by atoms with E-state index >= 15 is 0 Å². The van der Waals surface area contributed by atoms with E-state index in [0.29, 0.717) is 11.6 Å². The Balaban J connectivity index is 2.24. The molecule has 0 spiro atoms. The predicted octanol–water partition coefficient (Wildman–Crippen LogP) is 2.52. The number of hydrogen-bond donors (Lipinski definition) is 3. The third-order valence-electron chi connectivity index (χ3n) is 3.60. The summed E-state index contributed by atoms with van der Waals surface area (Å²) >= 11 is 0. The van der Waals surface area contributed by atoms with Gasteiger partial charge in [-0.25, -0.2) is 4.57 Å². The van der Waals surface area contributed by atoms with Crippen LogP contribution in [-0.4, -0.2) is 39.3 Å². The number of para-hydroxylation sites is 1. The molecule has 0 aliphatic heterocycles. The molecule has 6 nitrogen and oxygen atoms in total. The molecule has 0 aliphatic rings. The monoisotopic (exact) mass is 312 g/mol. The largest absolute Gasteiger partial charge is 0.524 e. The summed E-state index contributed by atoms with van der Waals surface area (Å²) in [7, 11) is -2.48. The van der Waals surface area contributed by atoms with Gasteiger partial charge in [-0.15, -0.1) is 0 Å². The molecule has 0 bridgehead atoms. The standard InChI is InChI=1S/C14H21N2O4P/c1-10(2)16(3)8-7-11-9-15-14-12(11)5-4-6-13(14)20-21(17,18)19/h4-6,9-10,15H,7-8H2,1-3H3,(H2,17,18,19). The van der Waals surface area contributed by atoms with E-state index in [0.717, 1.165) is 23.9 Å². The quantitative estimate of drug-likeness (QED) is 0.714. The second-order valence-electron chi connectivity index (χ2n) is 5.40. The van der Waals surface area contributed by atoms with Crippen molar-refractivity contribution in [3.63, 3.8) is 0 Å². The molecule has 0 saturated carbocycles. The Morgan fingerprint density at radius 3 is 2.71 bits per heavy atom.